The number of fused-ring (bicyclic) bond motifs is 1. The predicted molar refractivity (Wildman–Crippen MR) is 72.2 cm³/mol. The summed E-state index contributed by atoms with van der Waals surface area (Å²) in [5, 5.41) is 9.11. The van der Waals surface area contributed by atoms with E-state index in [0.29, 0.717) is 16.6 Å². The van der Waals surface area contributed by atoms with Crippen LogP contribution in [0.5, 0.6) is 0 Å². The lowest BCUT2D eigenvalue weighted by Crippen LogP contribution is -2.02. The highest BCUT2D eigenvalue weighted by molar-refractivity contribution is 6.00. The van der Waals surface area contributed by atoms with E-state index in [0.717, 1.165) is 6.07 Å². The second-order valence-corrected chi connectivity index (χ2v) is 4.59. The third-order valence-electron chi connectivity index (χ3n) is 3.24. The standard InChI is InChI=1S/C15H10F2N2O2/c16-10-5-4-9(12(17)6-10)7-19-8-18-14-11(15(20)21)2-1-3-13(14)19/h1-6,8H,7H2,(H,20,21). The van der Waals surface area contributed by atoms with Crippen LogP contribution in [0.25, 0.3) is 11.0 Å². The van der Waals surface area contributed by atoms with E-state index in [1.165, 1.54) is 24.5 Å². The Morgan fingerprint density at radius 3 is 2.76 bits per heavy atom. The fraction of sp³-hybridized carbons (Fsp3) is 0.0667. The van der Waals surface area contributed by atoms with Crippen LogP contribution < -0.4 is 0 Å². The molecule has 0 spiro atoms. The Balaban J connectivity index is 2.06. The minimum absolute atomic E-state index is 0.0887. The van der Waals surface area contributed by atoms with E-state index in [4.69, 9.17) is 5.11 Å². The van der Waals surface area contributed by atoms with Crippen molar-refractivity contribution in [3.8, 4) is 0 Å². The van der Waals surface area contributed by atoms with Gasteiger partial charge in [-0.25, -0.2) is 18.6 Å². The van der Waals surface area contributed by atoms with Crippen molar-refractivity contribution in [3.63, 3.8) is 0 Å². The van der Waals surface area contributed by atoms with Crippen molar-refractivity contribution >= 4 is 17.0 Å². The van der Waals surface area contributed by atoms with Gasteiger partial charge in [0, 0.05) is 11.6 Å². The number of aromatic carboxylic acids is 1. The van der Waals surface area contributed by atoms with Crippen molar-refractivity contribution < 1.29 is 18.7 Å². The molecule has 3 rings (SSSR count). The number of hydrogen-bond donors (Lipinski definition) is 1. The highest BCUT2D eigenvalue weighted by atomic mass is 19.1. The summed E-state index contributed by atoms with van der Waals surface area (Å²) in [5.41, 5.74) is 1.31. The van der Waals surface area contributed by atoms with E-state index in [1.54, 1.807) is 16.7 Å². The van der Waals surface area contributed by atoms with Gasteiger partial charge in [0.05, 0.1) is 24.0 Å². The Labute approximate surface area is 118 Å². The van der Waals surface area contributed by atoms with Gasteiger partial charge in [0.2, 0.25) is 0 Å². The summed E-state index contributed by atoms with van der Waals surface area (Å²) >= 11 is 0. The van der Waals surface area contributed by atoms with Crippen LogP contribution in [-0.2, 0) is 6.54 Å². The van der Waals surface area contributed by atoms with Crippen LogP contribution in [0, 0.1) is 11.6 Å². The maximum absolute atomic E-state index is 13.7. The average molecular weight is 288 g/mol. The molecule has 1 heterocycles. The Morgan fingerprint density at radius 2 is 2.05 bits per heavy atom. The molecule has 0 aliphatic heterocycles. The third kappa shape index (κ3) is 2.35. The van der Waals surface area contributed by atoms with E-state index in [1.807, 2.05) is 0 Å². The maximum atomic E-state index is 13.7. The number of aromatic nitrogens is 2. The number of carboxylic acid groups (broad SMARTS) is 1. The Hall–Kier alpha value is -2.76. The highest BCUT2D eigenvalue weighted by Gasteiger charge is 2.13. The van der Waals surface area contributed by atoms with Gasteiger partial charge >= 0.3 is 5.97 Å². The molecule has 0 aliphatic carbocycles. The van der Waals surface area contributed by atoms with Gasteiger partial charge in [-0.05, 0) is 18.2 Å². The summed E-state index contributed by atoms with van der Waals surface area (Å²) < 4.78 is 28.2. The second-order valence-electron chi connectivity index (χ2n) is 4.59. The summed E-state index contributed by atoms with van der Waals surface area (Å²) in [6, 6.07) is 8.12. The molecular formula is C15H10F2N2O2. The molecular weight excluding hydrogens is 278 g/mol. The topological polar surface area (TPSA) is 55.1 Å². The molecule has 4 nitrogen and oxygen atoms in total. The molecule has 0 atom stereocenters. The molecule has 0 radical (unpaired) electrons. The Kier molecular flexibility index (Phi) is 3.13. The molecule has 0 saturated carbocycles. The van der Waals surface area contributed by atoms with E-state index in [2.05, 4.69) is 4.98 Å². The molecule has 1 N–H and O–H groups in total. The molecule has 0 bridgehead atoms. The zero-order valence-electron chi connectivity index (χ0n) is 10.8. The molecule has 0 amide bonds. The van der Waals surface area contributed by atoms with Gasteiger partial charge in [0.15, 0.2) is 0 Å². The van der Waals surface area contributed by atoms with Crippen molar-refractivity contribution in [1.82, 2.24) is 9.55 Å². The smallest absolute Gasteiger partial charge is 0.337 e. The molecule has 0 fully saturated rings. The average Bonchev–Trinajstić information content (AvgIpc) is 2.85. The molecule has 6 heteroatoms. The number of nitrogens with zero attached hydrogens (tertiary/aromatic N) is 2. The van der Waals surface area contributed by atoms with Crippen molar-refractivity contribution in [2.24, 2.45) is 0 Å². The molecule has 2 aromatic carbocycles. The molecule has 0 saturated heterocycles. The summed E-state index contributed by atoms with van der Waals surface area (Å²) in [5.74, 6) is -2.36. The monoisotopic (exact) mass is 288 g/mol. The van der Waals surface area contributed by atoms with Crippen LogP contribution in [0.3, 0.4) is 0 Å². The number of benzene rings is 2. The highest BCUT2D eigenvalue weighted by Crippen LogP contribution is 2.20. The van der Waals surface area contributed by atoms with Crippen molar-refractivity contribution in [1.29, 1.82) is 0 Å². The van der Waals surface area contributed by atoms with Gasteiger partial charge < -0.3 is 9.67 Å². The number of rotatable bonds is 3. The van der Waals surface area contributed by atoms with E-state index in [9.17, 15) is 13.6 Å². The van der Waals surface area contributed by atoms with Crippen molar-refractivity contribution in [3.05, 3.63) is 65.5 Å². The summed E-state index contributed by atoms with van der Waals surface area (Å²) in [4.78, 5) is 15.2. The largest absolute Gasteiger partial charge is 0.478 e. The SMILES string of the molecule is O=C(O)c1cccc2c1ncn2Cc1ccc(F)cc1F. The van der Waals surface area contributed by atoms with Gasteiger partial charge in [-0.1, -0.05) is 12.1 Å². The van der Waals surface area contributed by atoms with Crippen molar-refractivity contribution in [2.45, 2.75) is 6.54 Å². The molecule has 0 aliphatic rings. The van der Waals surface area contributed by atoms with Crippen LogP contribution >= 0.6 is 0 Å². The quantitative estimate of drug-likeness (QED) is 0.806. The number of imidazole rings is 1. The summed E-state index contributed by atoms with van der Waals surface area (Å²) in [6.07, 6.45) is 1.44. The van der Waals surface area contributed by atoms with E-state index in [-0.39, 0.29) is 12.1 Å². The van der Waals surface area contributed by atoms with Gasteiger partial charge in [-0.3, -0.25) is 0 Å². The number of carboxylic acids is 1. The predicted octanol–water partition coefficient (Wildman–Crippen LogP) is 3.06. The van der Waals surface area contributed by atoms with Crippen LogP contribution in [0.1, 0.15) is 15.9 Å². The molecule has 1 aromatic heterocycles. The minimum atomic E-state index is -1.07. The first kappa shape index (κ1) is 13.2. The minimum Gasteiger partial charge on any atom is -0.478 e. The lowest BCUT2D eigenvalue weighted by molar-refractivity contribution is 0.0699. The summed E-state index contributed by atoms with van der Waals surface area (Å²) in [7, 11) is 0. The maximum Gasteiger partial charge on any atom is 0.337 e. The third-order valence-corrected chi connectivity index (χ3v) is 3.24. The number of halogens is 2. The zero-order valence-corrected chi connectivity index (χ0v) is 10.8. The van der Waals surface area contributed by atoms with Crippen LogP contribution in [-0.4, -0.2) is 20.6 Å². The molecule has 0 unspecified atom stereocenters. The van der Waals surface area contributed by atoms with Crippen LogP contribution in [0.2, 0.25) is 0 Å². The first-order valence-electron chi connectivity index (χ1n) is 6.17. The second kappa shape index (κ2) is 4.97. The first-order chi connectivity index (χ1) is 10.1. The van der Waals surface area contributed by atoms with Gasteiger partial charge in [-0.15, -0.1) is 0 Å². The van der Waals surface area contributed by atoms with Crippen LogP contribution in [0.4, 0.5) is 8.78 Å². The van der Waals surface area contributed by atoms with E-state index < -0.39 is 17.6 Å². The molecule has 106 valence electrons. The Morgan fingerprint density at radius 1 is 1.24 bits per heavy atom. The normalized spacial score (nSPS) is 11.0. The van der Waals surface area contributed by atoms with Gasteiger partial charge in [0.1, 0.15) is 17.2 Å². The lowest BCUT2D eigenvalue weighted by Gasteiger charge is -2.06. The fourth-order valence-electron chi connectivity index (χ4n) is 2.22. The summed E-state index contributed by atoms with van der Waals surface area (Å²) in [6.45, 7) is 0.145. The zero-order chi connectivity index (χ0) is 15.0. The van der Waals surface area contributed by atoms with Gasteiger partial charge in [-0.2, -0.15) is 0 Å². The number of hydrogen-bond acceptors (Lipinski definition) is 2. The lowest BCUT2D eigenvalue weighted by atomic mass is 10.1. The van der Waals surface area contributed by atoms with Gasteiger partial charge in [0.25, 0.3) is 0 Å². The van der Waals surface area contributed by atoms with E-state index >= 15 is 0 Å². The number of carbonyl (C=O) groups is 1. The number of para-hydroxylation sites is 1. The first-order valence-corrected chi connectivity index (χ1v) is 6.17. The Bertz CT molecular complexity index is 843. The van der Waals surface area contributed by atoms with Crippen molar-refractivity contribution in [2.75, 3.05) is 0 Å². The molecule has 3 aromatic rings. The fourth-order valence-corrected chi connectivity index (χ4v) is 2.22. The molecule has 21 heavy (non-hydrogen) atoms. The van der Waals surface area contributed by atoms with Crippen LogP contribution in [0.15, 0.2) is 42.7 Å².